The molecule has 0 amide bonds. The molecule has 1 atom stereocenters. The Morgan fingerprint density at radius 2 is 2.09 bits per heavy atom. The maximum Gasteiger partial charge on any atom is 0.340 e. The Morgan fingerprint density at radius 3 is 2.75 bits per heavy atom. The highest BCUT2D eigenvalue weighted by molar-refractivity contribution is 7.89. The minimum Gasteiger partial charge on any atom is -0.462 e. The van der Waals surface area contributed by atoms with E-state index in [9.17, 15) is 18.0 Å². The van der Waals surface area contributed by atoms with Crippen LogP contribution in [0.3, 0.4) is 0 Å². The lowest BCUT2D eigenvalue weighted by atomic mass is 10.1. The molecule has 0 unspecified atom stereocenters. The fourth-order valence-electron chi connectivity index (χ4n) is 4.41. The van der Waals surface area contributed by atoms with Crippen molar-refractivity contribution in [2.45, 2.75) is 37.6 Å². The van der Waals surface area contributed by atoms with Crippen molar-refractivity contribution in [1.29, 1.82) is 0 Å². The predicted octanol–water partition coefficient (Wildman–Crippen LogP) is 2.29. The van der Waals surface area contributed by atoms with Gasteiger partial charge in [-0.3, -0.25) is 4.79 Å². The molecule has 0 radical (unpaired) electrons. The van der Waals surface area contributed by atoms with Crippen molar-refractivity contribution >= 4 is 37.8 Å². The number of carbonyl (C=O) groups is 1. The summed E-state index contributed by atoms with van der Waals surface area (Å²) in [6, 6.07) is 4.52. The lowest BCUT2D eigenvalue weighted by Gasteiger charge is -2.27. The number of likely N-dealkylation sites (N-methyl/N-ethyl adjacent to an activating group) is 2. The predicted molar refractivity (Wildman–Crippen MR) is 122 cm³/mol. The van der Waals surface area contributed by atoms with Crippen LogP contribution in [0.2, 0.25) is 0 Å². The standard InChI is InChI=1S/C22H28N4O5S/c1-4-10-31-22(28)17-12-23-20-19(17)16-11-15(6-7-18(16)24-21(20)27)32(29,30)26(5-2)14-8-9-25(3)13-14/h6-7,11-12,14,23H,4-5,8-10,13H2,1-3H3,(H,24,27)/t14-/m0/s1. The number of aromatic nitrogens is 2. The first-order valence-electron chi connectivity index (χ1n) is 10.8. The molecule has 1 aromatic carbocycles. The smallest absolute Gasteiger partial charge is 0.340 e. The van der Waals surface area contributed by atoms with E-state index in [1.807, 2.05) is 20.9 Å². The van der Waals surface area contributed by atoms with E-state index in [1.54, 1.807) is 6.07 Å². The molecule has 10 heteroatoms. The van der Waals surface area contributed by atoms with Gasteiger partial charge in [0.25, 0.3) is 5.56 Å². The molecule has 0 saturated carbocycles. The van der Waals surface area contributed by atoms with Crippen LogP contribution in [0.25, 0.3) is 21.8 Å². The number of fused-ring (bicyclic) bond motifs is 3. The zero-order valence-electron chi connectivity index (χ0n) is 18.5. The molecular weight excluding hydrogens is 432 g/mol. The maximum atomic E-state index is 13.5. The van der Waals surface area contributed by atoms with Crippen molar-refractivity contribution in [3.8, 4) is 0 Å². The summed E-state index contributed by atoms with van der Waals surface area (Å²) in [6.45, 7) is 5.88. The second kappa shape index (κ2) is 8.68. The molecule has 2 N–H and O–H groups in total. The third-order valence-corrected chi connectivity index (χ3v) is 7.99. The number of nitrogens with one attached hydrogen (secondary N) is 2. The largest absolute Gasteiger partial charge is 0.462 e. The molecule has 1 aliphatic rings. The number of pyridine rings is 1. The summed E-state index contributed by atoms with van der Waals surface area (Å²) in [7, 11) is -1.79. The number of ether oxygens (including phenoxy) is 1. The van der Waals surface area contributed by atoms with Crippen LogP contribution in [0, 0.1) is 0 Å². The normalized spacial score (nSPS) is 17.6. The van der Waals surface area contributed by atoms with Gasteiger partial charge in [-0.05, 0) is 44.6 Å². The number of likely N-dealkylation sites (tertiary alicyclic amines) is 1. The fraction of sp³-hybridized carbons (Fsp3) is 0.455. The van der Waals surface area contributed by atoms with Crippen LogP contribution in [0.15, 0.2) is 34.1 Å². The van der Waals surface area contributed by atoms with Crippen molar-refractivity contribution in [1.82, 2.24) is 19.2 Å². The summed E-state index contributed by atoms with van der Waals surface area (Å²) in [5, 5.41) is 0.843. The van der Waals surface area contributed by atoms with Crippen LogP contribution in [-0.2, 0) is 14.8 Å². The van der Waals surface area contributed by atoms with Crippen LogP contribution in [0.1, 0.15) is 37.0 Å². The van der Waals surface area contributed by atoms with E-state index in [-0.39, 0.29) is 34.2 Å². The third-order valence-electron chi connectivity index (χ3n) is 5.97. The first-order chi connectivity index (χ1) is 15.3. The molecule has 1 saturated heterocycles. The third kappa shape index (κ3) is 3.82. The number of aromatic amines is 2. The second-order valence-corrected chi connectivity index (χ2v) is 10.1. The first kappa shape index (κ1) is 22.5. The Balaban J connectivity index is 1.86. The topological polar surface area (TPSA) is 116 Å². The molecule has 172 valence electrons. The Kier molecular flexibility index (Phi) is 6.11. The van der Waals surface area contributed by atoms with Crippen LogP contribution in [-0.4, -0.2) is 72.9 Å². The van der Waals surface area contributed by atoms with Crippen molar-refractivity contribution in [3.63, 3.8) is 0 Å². The van der Waals surface area contributed by atoms with Gasteiger partial charge in [-0.1, -0.05) is 13.8 Å². The average molecular weight is 461 g/mol. The molecule has 0 aliphatic carbocycles. The highest BCUT2D eigenvalue weighted by Gasteiger charge is 2.34. The van der Waals surface area contributed by atoms with Crippen LogP contribution in [0.5, 0.6) is 0 Å². The van der Waals surface area contributed by atoms with Crippen LogP contribution in [0.4, 0.5) is 0 Å². The molecular formula is C22H28N4O5S. The van der Waals surface area contributed by atoms with Crippen molar-refractivity contribution in [3.05, 3.63) is 40.3 Å². The molecule has 2 aromatic heterocycles. The van der Waals surface area contributed by atoms with Gasteiger partial charge in [-0.15, -0.1) is 0 Å². The van der Waals surface area contributed by atoms with Gasteiger partial charge in [0, 0.05) is 41.6 Å². The van der Waals surface area contributed by atoms with Gasteiger partial charge < -0.3 is 19.6 Å². The number of rotatable bonds is 7. The summed E-state index contributed by atoms with van der Waals surface area (Å²) < 4.78 is 33.9. The zero-order chi connectivity index (χ0) is 23.0. The SMILES string of the molecule is CCCOC(=O)c1c[nH]c2c(=O)[nH]c3ccc(S(=O)(=O)N(CC)[C@H]4CCN(C)C4)cc3c12. The summed E-state index contributed by atoms with van der Waals surface area (Å²) >= 11 is 0. The van der Waals surface area contributed by atoms with Gasteiger partial charge in [-0.2, -0.15) is 4.31 Å². The fourth-order valence-corrected chi connectivity index (χ4v) is 6.09. The summed E-state index contributed by atoms with van der Waals surface area (Å²) in [5.74, 6) is -0.553. The van der Waals surface area contributed by atoms with E-state index in [1.165, 1.54) is 22.6 Å². The van der Waals surface area contributed by atoms with Gasteiger partial charge in [0.05, 0.1) is 17.1 Å². The van der Waals surface area contributed by atoms with Gasteiger partial charge in [-0.25, -0.2) is 13.2 Å². The summed E-state index contributed by atoms with van der Waals surface area (Å²) in [4.78, 5) is 32.9. The van der Waals surface area contributed by atoms with Gasteiger partial charge >= 0.3 is 5.97 Å². The van der Waals surface area contributed by atoms with Gasteiger partial charge in [0.15, 0.2) is 0 Å². The Hall–Kier alpha value is -2.69. The number of benzene rings is 1. The van der Waals surface area contributed by atoms with Gasteiger partial charge in [0.1, 0.15) is 5.52 Å². The number of nitrogens with zero attached hydrogens (tertiary/aromatic N) is 2. The monoisotopic (exact) mass is 460 g/mol. The maximum absolute atomic E-state index is 13.5. The second-order valence-electron chi connectivity index (χ2n) is 8.16. The van der Waals surface area contributed by atoms with Crippen molar-refractivity contribution in [2.75, 3.05) is 33.3 Å². The summed E-state index contributed by atoms with van der Waals surface area (Å²) in [6.07, 6.45) is 2.88. The average Bonchev–Trinajstić information content (AvgIpc) is 3.39. The zero-order valence-corrected chi connectivity index (χ0v) is 19.3. The highest BCUT2D eigenvalue weighted by Crippen LogP contribution is 2.30. The molecule has 1 fully saturated rings. The number of carbonyl (C=O) groups excluding carboxylic acids is 1. The molecule has 9 nitrogen and oxygen atoms in total. The Bertz CT molecular complexity index is 1330. The highest BCUT2D eigenvalue weighted by atomic mass is 32.2. The molecule has 0 bridgehead atoms. The molecule has 0 spiro atoms. The molecule has 3 aromatic rings. The lowest BCUT2D eigenvalue weighted by Crippen LogP contribution is -2.41. The molecule has 1 aliphatic heterocycles. The Labute approximate surface area is 186 Å². The summed E-state index contributed by atoms with van der Waals surface area (Å²) in [5.41, 5.74) is 0.486. The quantitative estimate of drug-likeness (QED) is 0.523. The minimum atomic E-state index is -3.77. The first-order valence-corrected chi connectivity index (χ1v) is 12.3. The number of hydrogen-bond donors (Lipinski definition) is 2. The van der Waals surface area contributed by atoms with E-state index in [4.69, 9.17) is 4.74 Å². The molecule has 32 heavy (non-hydrogen) atoms. The van der Waals surface area contributed by atoms with Gasteiger partial charge in [0.2, 0.25) is 10.0 Å². The van der Waals surface area contributed by atoms with Crippen LogP contribution >= 0.6 is 0 Å². The van der Waals surface area contributed by atoms with E-state index >= 15 is 0 Å². The number of sulfonamides is 1. The van der Waals surface area contributed by atoms with E-state index in [0.29, 0.717) is 35.8 Å². The molecule has 4 rings (SSSR count). The van der Waals surface area contributed by atoms with Crippen LogP contribution < -0.4 is 5.56 Å². The lowest BCUT2D eigenvalue weighted by molar-refractivity contribution is 0.0507. The van der Waals surface area contributed by atoms with Crippen molar-refractivity contribution in [2.24, 2.45) is 0 Å². The van der Waals surface area contributed by atoms with E-state index in [0.717, 1.165) is 13.0 Å². The number of hydrogen-bond acceptors (Lipinski definition) is 6. The van der Waals surface area contributed by atoms with Crippen molar-refractivity contribution < 1.29 is 17.9 Å². The Morgan fingerprint density at radius 1 is 1.31 bits per heavy atom. The number of H-pyrrole nitrogens is 2. The minimum absolute atomic E-state index is 0.0897. The van der Waals surface area contributed by atoms with E-state index < -0.39 is 16.0 Å². The van der Waals surface area contributed by atoms with E-state index in [2.05, 4.69) is 14.9 Å². The molecule has 3 heterocycles. The number of esters is 1.